The molecule has 0 spiro atoms. The molecule has 0 aromatic rings. The van der Waals surface area contributed by atoms with Crippen molar-refractivity contribution in [3.8, 4) is 0 Å². The number of carboxylic acid groups (broad SMARTS) is 1. The van der Waals surface area contributed by atoms with Gasteiger partial charge >= 0.3 is 5.97 Å². The second-order valence-corrected chi connectivity index (χ2v) is 5.04. The number of carbonyl (C=O) groups is 1. The van der Waals surface area contributed by atoms with E-state index in [1.54, 1.807) is 0 Å². The predicted octanol–water partition coefficient (Wildman–Crippen LogP) is 2.22. The molecular formula is C12H23NO2. The minimum atomic E-state index is -0.664. The maximum Gasteiger partial charge on any atom is 0.320 e. The van der Waals surface area contributed by atoms with Crippen LogP contribution in [0.2, 0.25) is 0 Å². The number of likely N-dealkylation sites (tertiary alicyclic amines) is 1. The smallest absolute Gasteiger partial charge is 0.320 e. The third-order valence-corrected chi connectivity index (χ3v) is 3.23. The summed E-state index contributed by atoms with van der Waals surface area (Å²) in [4.78, 5) is 13.1. The lowest BCUT2D eigenvalue weighted by Crippen LogP contribution is -2.39. The molecule has 1 heterocycles. The van der Waals surface area contributed by atoms with Gasteiger partial charge in [-0.2, -0.15) is 0 Å². The lowest BCUT2D eigenvalue weighted by Gasteiger charge is -2.23. The first-order valence-corrected chi connectivity index (χ1v) is 6.01. The lowest BCUT2D eigenvalue weighted by atomic mass is 9.97. The first-order valence-electron chi connectivity index (χ1n) is 6.01. The van der Waals surface area contributed by atoms with Crippen LogP contribution in [-0.2, 0) is 4.79 Å². The summed E-state index contributed by atoms with van der Waals surface area (Å²) in [5.74, 6) is 0.765. The summed E-state index contributed by atoms with van der Waals surface area (Å²) >= 11 is 0. The van der Waals surface area contributed by atoms with Crippen LogP contribution >= 0.6 is 0 Å². The topological polar surface area (TPSA) is 40.5 Å². The van der Waals surface area contributed by atoms with Crippen LogP contribution < -0.4 is 0 Å². The molecule has 0 aliphatic carbocycles. The molecule has 0 amide bonds. The van der Waals surface area contributed by atoms with Crippen LogP contribution in [0.5, 0.6) is 0 Å². The molecule has 2 atom stereocenters. The molecule has 0 aromatic heterocycles. The van der Waals surface area contributed by atoms with Gasteiger partial charge in [0.25, 0.3) is 0 Å². The summed E-state index contributed by atoms with van der Waals surface area (Å²) < 4.78 is 0. The third kappa shape index (κ3) is 3.49. The largest absolute Gasteiger partial charge is 0.480 e. The average Bonchev–Trinajstić information content (AvgIpc) is 2.52. The molecule has 0 radical (unpaired) electrons. The molecule has 0 unspecified atom stereocenters. The van der Waals surface area contributed by atoms with E-state index in [0.29, 0.717) is 12.3 Å². The van der Waals surface area contributed by atoms with Gasteiger partial charge in [0.15, 0.2) is 0 Å². The molecule has 88 valence electrons. The van der Waals surface area contributed by atoms with Gasteiger partial charge in [0.2, 0.25) is 0 Å². The van der Waals surface area contributed by atoms with Crippen molar-refractivity contribution < 1.29 is 9.90 Å². The molecule has 1 rings (SSSR count). The molecule has 1 fully saturated rings. The van der Waals surface area contributed by atoms with E-state index >= 15 is 0 Å². The molecule has 1 aliphatic rings. The molecule has 0 aromatic carbocycles. The quantitative estimate of drug-likeness (QED) is 0.761. The van der Waals surface area contributed by atoms with Crippen molar-refractivity contribution in [1.29, 1.82) is 0 Å². The Balaban J connectivity index is 2.44. The summed E-state index contributed by atoms with van der Waals surface area (Å²) in [7, 11) is 0. The predicted molar refractivity (Wildman–Crippen MR) is 60.8 cm³/mol. The van der Waals surface area contributed by atoms with Crippen molar-refractivity contribution in [2.45, 2.75) is 46.1 Å². The van der Waals surface area contributed by atoms with Crippen molar-refractivity contribution >= 4 is 5.97 Å². The van der Waals surface area contributed by atoms with Crippen LogP contribution in [0.15, 0.2) is 0 Å². The fourth-order valence-electron chi connectivity index (χ4n) is 2.59. The van der Waals surface area contributed by atoms with Gasteiger partial charge in [-0.25, -0.2) is 0 Å². The zero-order valence-electron chi connectivity index (χ0n) is 10.1. The Morgan fingerprint density at radius 2 is 2.20 bits per heavy atom. The highest BCUT2D eigenvalue weighted by atomic mass is 16.4. The second-order valence-electron chi connectivity index (χ2n) is 5.04. The number of aliphatic carboxylic acids is 1. The first kappa shape index (κ1) is 12.5. The summed E-state index contributed by atoms with van der Waals surface area (Å²) in [6.45, 7) is 8.36. The van der Waals surface area contributed by atoms with Crippen molar-refractivity contribution in [2.75, 3.05) is 13.1 Å². The van der Waals surface area contributed by atoms with E-state index in [4.69, 9.17) is 5.11 Å². The van der Waals surface area contributed by atoms with Gasteiger partial charge in [0.05, 0.1) is 0 Å². The monoisotopic (exact) mass is 213 g/mol. The van der Waals surface area contributed by atoms with E-state index in [1.165, 1.54) is 12.8 Å². The first-order chi connectivity index (χ1) is 7.04. The third-order valence-electron chi connectivity index (χ3n) is 3.23. The molecular weight excluding hydrogens is 190 g/mol. The molecule has 0 bridgehead atoms. The van der Waals surface area contributed by atoms with Crippen molar-refractivity contribution in [3.63, 3.8) is 0 Å². The van der Waals surface area contributed by atoms with E-state index in [1.807, 2.05) is 6.92 Å². The van der Waals surface area contributed by atoms with E-state index in [-0.39, 0.29) is 6.04 Å². The van der Waals surface area contributed by atoms with E-state index in [0.717, 1.165) is 19.0 Å². The summed E-state index contributed by atoms with van der Waals surface area (Å²) in [5, 5.41) is 9.06. The van der Waals surface area contributed by atoms with Crippen molar-refractivity contribution in [1.82, 2.24) is 4.90 Å². The van der Waals surface area contributed by atoms with Crippen LogP contribution in [0.4, 0.5) is 0 Å². The SMILES string of the molecule is CC[C@H](C(=O)O)N1CC[C@H](CC(C)C)C1. The zero-order valence-corrected chi connectivity index (χ0v) is 10.1. The molecule has 1 N–H and O–H groups in total. The Hall–Kier alpha value is -0.570. The van der Waals surface area contributed by atoms with Crippen LogP contribution in [0, 0.1) is 11.8 Å². The van der Waals surface area contributed by atoms with Gasteiger partial charge in [0.1, 0.15) is 6.04 Å². The second kappa shape index (κ2) is 5.50. The fraction of sp³-hybridized carbons (Fsp3) is 0.917. The molecule has 0 saturated carbocycles. The van der Waals surface area contributed by atoms with Gasteiger partial charge in [-0.05, 0) is 37.6 Å². The Morgan fingerprint density at radius 1 is 1.53 bits per heavy atom. The molecule has 3 nitrogen and oxygen atoms in total. The highest BCUT2D eigenvalue weighted by molar-refractivity contribution is 5.73. The molecule has 3 heteroatoms. The minimum Gasteiger partial charge on any atom is -0.480 e. The van der Waals surface area contributed by atoms with E-state index in [9.17, 15) is 4.79 Å². The minimum absolute atomic E-state index is 0.262. The normalized spacial score (nSPS) is 24.7. The molecule has 1 aliphatic heterocycles. The Labute approximate surface area is 92.5 Å². The van der Waals surface area contributed by atoms with Crippen LogP contribution in [0.1, 0.15) is 40.0 Å². The number of rotatable bonds is 5. The van der Waals surface area contributed by atoms with Gasteiger partial charge in [-0.15, -0.1) is 0 Å². The summed E-state index contributed by atoms with van der Waals surface area (Å²) in [5.41, 5.74) is 0. The maximum absolute atomic E-state index is 11.0. The molecule has 1 saturated heterocycles. The number of nitrogens with zero attached hydrogens (tertiary/aromatic N) is 1. The highest BCUT2D eigenvalue weighted by Crippen LogP contribution is 2.25. The van der Waals surface area contributed by atoms with Crippen molar-refractivity contribution in [2.24, 2.45) is 11.8 Å². The fourth-order valence-corrected chi connectivity index (χ4v) is 2.59. The van der Waals surface area contributed by atoms with Crippen molar-refractivity contribution in [3.05, 3.63) is 0 Å². The van der Waals surface area contributed by atoms with Gasteiger partial charge in [0, 0.05) is 6.54 Å². The zero-order chi connectivity index (χ0) is 11.4. The lowest BCUT2D eigenvalue weighted by molar-refractivity contribution is -0.143. The summed E-state index contributed by atoms with van der Waals surface area (Å²) in [6, 6.07) is -0.262. The highest BCUT2D eigenvalue weighted by Gasteiger charge is 2.31. The average molecular weight is 213 g/mol. The van der Waals surface area contributed by atoms with Gasteiger partial charge < -0.3 is 5.11 Å². The van der Waals surface area contributed by atoms with E-state index in [2.05, 4.69) is 18.7 Å². The Bertz CT molecular complexity index is 216. The van der Waals surface area contributed by atoms with Crippen LogP contribution in [0.25, 0.3) is 0 Å². The van der Waals surface area contributed by atoms with Crippen LogP contribution in [-0.4, -0.2) is 35.1 Å². The van der Waals surface area contributed by atoms with Gasteiger partial charge in [-0.1, -0.05) is 20.8 Å². The number of hydrogen-bond acceptors (Lipinski definition) is 2. The molecule has 15 heavy (non-hydrogen) atoms. The summed E-state index contributed by atoms with van der Waals surface area (Å²) in [6.07, 6.45) is 3.11. The van der Waals surface area contributed by atoms with Gasteiger partial charge in [-0.3, -0.25) is 9.69 Å². The number of hydrogen-bond donors (Lipinski definition) is 1. The van der Waals surface area contributed by atoms with Crippen LogP contribution in [0.3, 0.4) is 0 Å². The standard InChI is InChI=1S/C12H23NO2/c1-4-11(12(14)15)13-6-5-10(8-13)7-9(2)3/h9-11H,4-8H2,1-3H3,(H,14,15)/t10-,11-/m1/s1. The Morgan fingerprint density at radius 3 is 2.67 bits per heavy atom. The Kier molecular flexibility index (Phi) is 4.58. The maximum atomic E-state index is 11.0. The van der Waals surface area contributed by atoms with E-state index < -0.39 is 5.97 Å². The number of carboxylic acids is 1.